The van der Waals surface area contributed by atoms with Crippen molar-refractivity contribution in [3.05, 3.63) is 64.1 Å². The lowest BCUT2D eigenvalue weighted by Gasteiger charge is -2.11. The van der Waals surface area contributed by atoms with Gasteiger partial charge in [-0.25, -0.2) is 10.1 Å². The Morgan fingerprint density at radius 2 is 1.97 bits per heavy atom. The van der Waals surface area contributed by atoms with E-state index in [2.05, 4.69) is 21.5 Å². The van der Waals surface area contributed by atoms with E-state index in [1.165, 1.54) is 10.9 Å². The molecule has 0 aliphatic heterocycles. The molecule has 1 amide bonds. The molecule has 1 heterocycles. The highest BCUT2D eigenvalue weighted by molar-refractivity contribution is 6.04. The third-order valence-electron chi connectivity index (χ3n) is 4.34. The van der Waals surface area contributed by atoms with E-state index in [4.69, 9.17) is 15.9 Å². The van der Waals surface area contributed by atoms with E-state index < -0.39 is 5.91 Å². The molecular weight excluding hydrogens is 396 g/mol. The molecule has 0 unspecified atom stereocenters. The fourth-order valence-electron chi connectivity index (χ4n) is 2.95. The molecule has 158 valence electrons. The lowest BCUT2D eigenvalue weighted by atomic mass is 10.1. The van der Waals surface area contributed by atoms with Gasteiger partial charge in [-0.15, -0.1) is 6.42 Å². The maximum absolute atomic E-state index is 12.7. The molecule has 0 bridgehead atoms. The number of amides is 1. The van der Waals surface area contributed by atoms with Gasteiger partial charge in [0.15, 0.2) is 17.2 Å². The quantitative estimate of drug-likeness (QED) is 0.345. The molecule has 3 rings (SSSR count). The molecule has 1 aromatic heterocycles. The van der Waals surface area contributed by atoms with Crippen molar-refractivity contribution in [2.45, 2.75) is 20.4 Å². The van der Waals surface area contributed by atoms with Gasteiger partial charge in [0, 0.05) is 11.9 Å². The Morgan fingerprint density at radius 1 is 1.19 bits per heavy atom. The lowest BCUT2D eigenvalue weighted by molar-refractivity contribution is 0.0949. The standard InChI is InChI=1S/C23H22N4O4/c1-4-13-31-19-12-11-16(14-20(19)30-6-3)15-24-25-22(28)21-17-9-7-8-10-18(17)23(29)27(5-2)26-21/h1,7-12,14-15H,5-6,13H2,2-3H3,(H,25,28)/b24-15-. The molecule has 0 aliphatic rings. The maximum Gasteiger partial charge on any atom is 0.292 e. The summed E-state index contributed by atoms with van der Waals surface area (Å²) in [5, 5.41) is 9.10. The minimum atomic E-state index is -0.520. The Bertz CT molecular complexity index is 1220. The van der Waals surface area contributed by atoms with Crippen LogP contribution in [0.2, 0.25) is 0 Å². The molecule has 0 fully saturated rings. The van der Waals surface area contributed by atoms with Gasteiger partial charge < -0.3 is 9.47 Å². The Hall–Kier alpha value is -4.12. The SMILES string of the molecule is C#CCOc1ccc(/C=N\NC(=O)c2nn(CC)c(=O)c3ccccc23)cc1OCC. The first-order valence-corrected chi connectivity index (χ1v) is 9.75. The van der Waals surface area contributed by atoms with Crippen LogP contribution in [0.1, 0.15) is 29.9 Å². The average molecular weight is 418 g/mol. The summed E-state index contributed by atoms with van der Waals surface area (Å²) < 4.78 is 12.3. The zero-order chi connectivity index (χ0) is 22.2. The fourth-order valence-corrected chi connectivity index (χ4v) is 2.95. The fraction of sp³-hybridized carbons (Fsp3) is 0.217. The minimum absolute atomic E-state index is 0.127. The number of aromatic nitrogens is 2. The summed E-state index contributed by atoms with van der Waals surface area (Å²) in [7, 11) is 0. The van der Waals surface area contributed by atoms with Crippen molar-refractivity contribution in [2.75, 3.05) is 13.2 Å². The Kier molecular flexibility index (Phi) is 7.01. The second-order valence-corrected chi connectivity index (χ2v) is 6.35. The van der Waals surface area contributed by atoms with Crippen LogP contribution >= 0.6 is 0 Å². The summed E-state index contributed by atoms with van der Waals surface area (Å²) in [5.41, 5.74) is 3.04. The molecule has 0 saturated carbocycles. The molecule has 3 aromatic rings. The normalized spacial score (nSPS) is 10.7. The van der Waals surface area contributed by atoms with Crippen LogP contribution in [0.15, 0.2) is 52.4 Å². The topological polar surface area (TPSA) is 94.8 Å². The number of terminal acetylenes is 1. The third-order valence-corrected chi connectivity index (χ3v) is 4.34. The number of aryl methyl sites for hydroxylation is 1. The number of nitrogens with zero attached hydrogens (tertiary/aromatic N) is 3. The zero-order valence-corrected chi connectivity index (χ0v) is 17.3. The number of fused-ring (bicyclic) bond motifs is 1. The number of rotatable bonds is 8. The number of hydrogen-bond acceptors (Lipinski definition) is 6. The third kappa shape index (κ3) is 4.90. The van der Waals surface area contributed by atoms with Crippen LogP contribution in [0.4, 0.5) is 0 Å². The number of nitrogens with one attached hydrogen (secondary N) is 1. The molecular formula is C23H22N4O4. The summed E-state index contributed by atoms with van der Waals surface area (Å²) in [4.78, 5) is 25.1. The van der Waals surface area contributed by atoms with Gasteiger partial charge >= 0.3 is 0 Å². The minimum Gasteiger partial charge on any atom is -0.490 e. The second kappa shape index (κ2) is 10.1. The first-order chi connectivity index (χ1) is 15.1. The van der Waals surface area contributed by atoms with Crippen LogP contribution in [-0.4, -0.2) is 35.1 Å². The predicted octanol–water partition coefficient (Wildman–Crippen LogP) is 2.59. The number of hydrogen-bond donors (Lipinski definition) is 1. The Balaban J connectivity index is 1.83. The Labute approximate surface area is 179 Å². The summed E-state index contributed by atoms with van der Waals surface area (Å²) in [5.74, 6) is 2.94. The molecule has 0 saturated heterocycles. The number of hydrazone groups is 1. The van der Waals surface area contributed by atoms with Crippen LogP contribution in [0.25, 0.3) is 10.8 Å². The van der Waals surface area contributed by atoms with Crippen molar-refractivity contribution in [3.63, 3.8) is 0 Å². The smallest absolute Gasteiger partial charge is 0.292 e. The van der Waals surface area contributed by atoms with Gasteiger partial charge in [0.2, 0.25) is 0 Å². The molecule has 1 N–H and O–H groups in total. The molecule has 2 aromatic carbocycles. The molecule has 0 spiro atoms. The number of carbonyl (C=O) groups is 1. The van der Waals surface area contributed by atoms with E-state index in [0.717, 1.165) is 0 Å². The molecule has 8 heteroatoms. The van der Waals surface area contributed by atoms with E-state index in [1.807, 2.05) is 6.92 Å². The summed E-state index contributed by atoms with van der Waals surface area (Å²) in [6, 6.07) is 12.1. The van der Waals surface area contributed by atoms with Crippen molar-refractivity contribution < 1.29 is 14.3 Å². The van der Waals surface area contributed by atoms with Crippen molar-refractivity contribution in [2.24, 2.45) is 5.10 Å². The van der Waals surface area contributed by atoms with Gasteiger partial charge in [-0.05, 0) is 43.7 Å². The number of ether oxygens (including phenoxy) is 2. The highest BCUT2D eigenvalue weighted by Crippen LogP contribution is 2.28. The van der Waals surface area contributed by atoms with Gasteiger partial charge in [-0.1, -0.05) is 24.1 Å². The van der Waals surface area contributed by atoms with Crippen molar-refractivity contribution in [3.8, 4) is 23.8 Å². The van der Waals surface area contributed by atoms with Crippen molar-refractivity contribution in [1.29, 1.82) is 0 Å². The Morgan fingerprint density at radius 3 is 2.68 bits per heavy atom. The second-order valence-electron chi connectivity index (χ2n) is 6.35. The van der Waals surface area contributed by atoms with Crippen molar-refractivity contribution >= 4 is 22.9 Å². The van der Waals surface area contributed by atoms with Gasteiger partial charge in [0.25, 0.3) is 11.5 Å². The zero-order valence-electron chi connectivity index (χ0n) is 17.3. The van der Waals surface area contributed by atoms with Crippen LogP contribution < -0.4 is 20.5 Å². The molecule has 0 radical (unpaired) electrons. The first-order valence-electron chi connectivity index (χ1n) is 9.75. The van der Waals surface area contributed by atoms with E-state index in [1.54, 1.807) is 49.4 Å². The molecule has 8 nitrogen and oxygen atoms in total. The highest BCUT2D eigenvalue weighted by Gasteiger charge is 2.15. The van der Waals surface area contributed by atoms with E-state index in [0.29, 0.717) is 41.0 Å². The summed E-state index contributed by atoms with van der Waals surface area (Å²) >= 11 is 0. The maximum atomic E-state index is 12.7. The van der Waals surface area contributed by atoms with Crippen LogP contribution in [0, 0.1) is 12.3 Å². The molecule has 0 atom stereocenters. The monoisotopic (exact) mass is 418 g/mol. The van der Waals surface area contributed by atoms with E-state index in [-0.39, 0.29) is 17.9 Å². The van der Waals surface area contributed by atoms with Gasteiger partial charge in [0.05, 0.1) is 18.2 Å². The molecule has 0 aliphatic carbocycles. The van der Waals surface area contributed by atoms with E-state index >= 15 is 0 Å². The van der Waals surface area contributed by atoms with Gasteiger partial charge in [0.1, 0.15) is 6.61 Å². The summed E-state index contributed by atoms with van der Waals surface area (Å²) in [6.07, 6.45) is 6.71. The largest absolute Gasteiger partial charge is 0.490 e. The average Bonchev–Trinajstić information content (AvgIpc) is 2.79. The number of carbonyl (C=O) groups excluding carboxylic acids is 1. The molecule has 31 heavy (non-hydrogen) atoms. The van der Waals surface area contributed by atoms with Crippen LogP contribution in [0.5, 0.6) is 11.5 Å². The first kappa shape index (κ1) is 21.6. The van der Waals surface area contributed by atoms with Crippen LogP contribution in [-0.2, 0) is 6.54 Å². The summed E-state index contributed by atoms with van der Waals surface area (Å²) in [6.45, 7) is 4.58. The predicted molar refractivity (Wildman–Crippen MR) is 119 cm³/mol. The van der Waals surface area contributed by atoms with Crippen LogP contribution in [0.3, 0.4) is 0 Å². The van der Waals surface area contributed by atoms with Crippen molar-refractivity contribution in [1.82, 2.24) is 15.2 Å². The van der Waals surface area contributed by atoms with Gasteiger partial charge in [-0.3, -0.25) is 9.59 Å². The highest BCUT2D eigenvalue weighted by atomic mass is 16.5. The lowest BCUT2D eigenvalue weighted by Crippen LogP contribution is -2.28. The van der Waals surface area contributed by atoms with Gasteiger partial charge in [-0.2, -0.15) is 10.2 Å². The number of benzene rings is 2. The van der Waals surface area contributed by atoms with E-state index in [9.17, 15) is 9.59 Å².